The quantitative estimate of drug-likeness (QED) is 0.278. The zero-order valence-corrected chi connectivity index (χ0v) is 25.7. The Morgan fingerprint density at radius 1 is 0.886 bits per heavy atom. The molecule has 0 radical (unpaired) electrons. The fraction of sp³-hybridized carbons (Fsp3) is 0.938. The fourth-order valence-electron chi connectivity index (χ4n) is 10.8. The summed E-state index contributed by atoms with van der Waals surface area (Å²) in [7, 11) is -1.84. The Hall–Kier alpha value is -0.123. The van der Waals surface area contributed by atoms with Crippen LogP contribution in [-0.2, 0) is 4.43 Å². The highest BCUT2D eigenvalue weighted by Crippen LogP contribution is 2.66. The molecule has 0 aliphatic heterocycles. The molecule has 0 unspecified atom stereocenters. The smallest absolute Gasteiger partial charge is 0.0459 e. The second-order valence-electron chi connectivity index (χ2n) is 14.8. The fourth-order valence-corrected chi connectivity index (χ4v) is 16.4. The minimum Gasteiger partial charge on any atom is -0.561 e. The molecule has 0 bridgehead atoms. The molecule has 0 aromatic rings. The van der Waals surface area contributed by atoms with E-state index in [1.165, 1.54) is 57.8 Å². The van der Waals surface area contributed by atoms with Crippen molar-refractivity contribution >= 4 is 8.32 Å². The topological polar surface area (TPSA) is 29.5 Å². The van der Waals surface area contributed by atoms with Crippen molar-refractivity contribution in [3.63, 3.8) is 0 Å². The Bertz CT molecular complexity index is 750. The van der Waals surface area contributed by atoms with Crippen LogP contribution in [0.15, 0.2) is 11.6 Å². The Balaban J connectivity index is 1.54. The summed E-state index contributed by atoms with van der Waals surface area (Å²) in [5.74, 6) is 3.75. The van der Waals surface area contributed by atoms with E-state index in [4.69, 9.17) is 4.43 Å². The van der Waals surface area contributed by atoms with Crippen LogP contribution < -0.4 is 0 Å². The Morgan fingerprint density at radius 2 is 1.54 bits per heavy atom. The molecule has 0 spiro atoms. The molecule has 203 valence electrons. The number of fused-ring (bicyclic) bond motifs is 5. The highest BCUT2D eigenvalue weighted by molar-refractivity contribution is 6.77. The van der Waals surface area contributed by atoms with Gasteiger partial charge in [0.1, 0.15) is 0 Å². The molecule has 3 saturated carbocycles. The number of aliphatic hydroxyl groups is 1. The molecule has 0 heterocycles. The Morgan fingerprint density at radius 3 is 2.14 bits per heavy atom. The van der Waals surface area contributed by atoms with E-state index < -0.39 is 8.32 Å². The number of allylic oxidation sites excluding steroid dienone is 1. The summed E-state index contributed by atoms with van der Waals surface area (Å²) in [5, 5.41) is 9.96. The van der Waals surface area contributed by atoms with Crippen LogP contribution in [0, 0.1) is 40.4 Å². The maximum atomic E-state index is 9.96. The maximum Gasteiger partial charge on any atom is 0.0459 e. The van der Waals surface area contributed by atoms with Gasteiger partial charge in [0.15, 0.2) is 0 Å². The third-order valence-electron chi connectivity index (χ3n) is 12.4. The molecule has 0 aromatic heterocycles. The zero-order valence-electron chi connectivity index (χ0n) is 24.7. The zero-order chi connectivity index (χ0) is 25.8. The van der Waals surface area contributed by atoms with Crippen molar-refractivity contribution in [1.82, 2.24) is 0 Å². The van der Waals surface area contributed by atoms with Gasteiger partial charge in [-0.15, -0.1) is 16.6 Å². The number of rotatable bonds is 7. The van der Waals surface area contributed by atoms with Gasteiger partial charge in [-0.2, -0.15) is 0 Å². The molecule has 2 nitrogen and oxygen atoms in total. The van der Waals surface area contributed by atoms with Gasteiger partial charge in [0.05, 0.1) is 0 Å². The summed E-state index contributed by atoms with van der Waals surface area (Å²) >= 11 is 0. The van der Waals surface area contributed by atoms with E-state index in [-0.39, 0.29) is 0 Å². The van der Waals surface area contributed by atoms with Crippen LogP contribution in [0.1, 0.15) is 120 Å². The summed E-state index contributed by atoms with van der Waals surface area (Å²) in [6, 6.07) is 0. The van der Waals surface area contributed by atoms with Crippen LogP contribution in [0.25, 0.3) is 0 Å². The Labute approximate surface area is 219 Å². The predicted octanol–water partition coefficient (Wildman–Crippen LogP) is 9.14. The van der Waals surface area contributed by atoms with Gasteiger partial charge >= 0.3 is 0 Å². The number of hydrogen-bond acceptors (Lipinski definition) is 2. The van der Waals surface area contributed by atoms with Gasteiger partial charge in [0.25, 0.3) is 0 Å². The first kappa shape index (κ1) is 27.9. The molecular formula is C32H58O2Si-. The lowest BCUT2D eigenvalue weighted by atomic mass is 9.49. The molecule has 3 fully saturated rings. The van der Waals surface area contributed by atoms with Crippen LogP contribution in [0.4, 0.5) is 0 Å². The molecule has 4 aliphatic rings. The van der Waals surface area contributed by atoms with Crippen molar-refractivity contribution in [3.05, 3.63) is 11.6 Å². The average Bonchev–Trinajstić information content (AvgIpc) is 3.07. The van der Waals surface area contributed by atoms with Gasteiger partial charge in [-0.3, -0.25) is 0 Å². The van der Waals surface area contributed by atoms with E-state index in [9.17, 15) is 5.11 Å². The lowest BCUT2D eigenvalue weighted by Gasteiger charge is -2.59. The molecular weight excluding hydrogens is 444 g/mol. The van der Waals surface area contributed by atoms with Crippen LogP contribution in [0.5, 0.6) is 0 Å². The third-order valence-corrected chi connectivity index (χ3v) is 18.6. The minimum atomic E-state index is -1.84. The minimum absolute atomic E-state index is 0.361. The van der Waals surface area contributed by atoms with Gasteiger partial charge < -0.3 is 9.53 Å². The molecule has 1 N–H and O–H groups in total. The SMILES string of the molecule is CC(C)[Si-](O[C@H]1CC[C@@]2(C)C(=CCC[C@@H]3[C@@H]4CC[C@H]([C@H](C)CO)[C@@]4(C)CC[C@@H]32)C1)(C(C)C)C(C)C. The van der Waals surface area contributed by atoms with E-state index >= 15 is 0 Å². The Kier molecular flexibility index (Phi) is 8.14. The monoisotopic (exact) mass is 502 g/mol. The summed E-state index contributed by atoms with van der Waals surface area (Å²) in [5.41, 5.74) is 4.58. The van der Waals surface area contributed by atoms with Crippen molar-refractivity contribution in [3.8, 4) is 0 Å². The molecule has 0 aromatic carbocycles. The van der Waals surface area contributed by atoms with Gasteiger partial charge in [-0.1, -0.05) is 74.0 Å². The van der Waals surface area contributed by atoms with E-state index in [2.05, 4.69) is 68.4 Å². The van der Waals surface area contributed by atoms with Crippen molar-refractivity contribution in [2.45, 2.75) is 143 Å². The van der Waals surface area contributed by atoms with Gasteiger partial charge in [-0.05, 0) is 107 Å². The summed E-state index contributed by atoms with van der Waals surface area (Å²) in [6.07, 6.45) is 15.1. The molecule has 35 heavy (non-hydrogen) atoms. The maximum absolute atomic E-state index is 9.96. The largest absolute Gasteiger partial charge is 0.561 e. The first-order chi connectivity index (χ1) is 16.4. The summed E-state index contributed by atoms with van der Waals surface area (Å²) in [4.78, 5) is 0. The predicted molar refractivity (Wildman–Crippen MR) is 152 cm³/mol. The number of aliphatic hydroxyl groups excluding tert-OH is 1. The normalized spacial score (nSPS) is 40.8. The van der Waals surface area contributed by atoms with Crippen LogP contribution in [0.2, 0.25) is 16.6 Å². The highest BCUT2D eigenvalue weighted by atomic mass is 28.4. The third kappa shape index (κ3) is 4.46. The molecule has 4 rings (SSSR count). The molecule has 3 heteroatoms. The van der Waals surface area contributed by atoms with E-state index in [0.717, 1.165) is 17.8 Å². The van der Waals surface area contributed by atoms with E-state index in [0.29, 0.717) is 52.0 Å². The molecule has 0 amide bonds. The first-order valence-corrected chi connectivity index (χ1v) is 17.5. The van der Waals surface area contributed by atoms with Crippen molar-refractivity contribution in [2.24, 2.45) is 40.4 Å². The van der Waals surface area contributed by atoms with E-state index in [1.54, 1.807) is 5.57 Å². The van der Waals surface area contributed by atoms with Crippen molar-refractivity contribution in [1.29, 1.82) is 0 Å². The van der Waals surface area contributed by atoms with Gasteiger partial charge in [-0.25, -0.2) is 0 Å². The van der Waals surface area contributed by atoms with Crippen LogP contribution in [-0.4, -0.2) is 26.1 Å². The van der Waals surface area contributed by atoms with Crippen LogP contribution in [0.3, 0.4) is 0 Å². The molecule has 8 atom stereocenters. The van der Waals surface area contributed by atoms with Gasteiger partial charge in [0.2, 0.25) is 0 Å². The van der Waals surface area contributed by atoms with E-state index in [1.807, 2.05) is 0 Å². The highest BCUT2D eigenvalue weighted by Gasteiger charge is 2.58. The first-order valence-electron chi connectivity index (χ1n) is 15.4. The second kappa shape index (κ2) is 10.2. The molecule has 4 aliphatic carbocycles. The molecule has 0 saturated heterocycles. The van der Waals surface area contributed by atoms with Crippen molar-refractivity contribution in [2.75, 3.05) is 6.61 Å². The number of hydrogen-bond donors (Lipinski definition) is 1. The average molecular weight is 503 g/mol. The van der Waals surface area contributed by atoms with Crippen molar-refractivity contribution < 1.29 is 9.53 Å². The lowest BCUT2D eigenvalue weighted by molar-refractivity contribution is -0.0530. The summed E-state index contributed by atoms with van der Waals surface area (Å²) in [6.45, 7) is 22.5. The second-order valence-corrected chi connectivity index (χ2v) is 20.2. The van der Waals surface area contributed by atoms with Gasteiger partial charge in [0, 0.05) is 12.7 Å². The van der Waals surface area contributed by atoms with Crippen LogP contribution >= 0.6 is 0 Å². The standard InChI is InChI=1S/C32H58O2Si/c1-21(2)35(22(3)4,23(5)6)34-26-15-17-31(8)25(19-26)11-10-12-27-29-14-13-28(24(7)20-33)32(29,9)18-16-30(27)31/h11,21-24,26-30,33H,10,12-20H2,1-9H3/q-1/t24-,26+,27-,28-,29+,30+,31+,32-/m1/s1. The summed E-state index contributed by atoms with van der Waals surface area (Å²) < 4.78 is 7.35. The lowest BCUT2D eigenvalue weighted by Crippen LogP contribution is -2.52.